The van der Waals surface area contributed by atoms with Gasteiger partial charge in [-0.1, -0.05) is 28.1 Å². The van der Waals surface area contributed by atoms with E-state index < -0.39 is 12.5 Å². The Labute approximate surface area is 83.5 Å². The molecular formula is C9H9BrF2O. The lowest BCUT2D eigenvalue weighted by Gasteiger charge is -2.13. The molecule has 1 aromatic carbocycles. The summed E-state index contributed by atoms with van der Waals surface area (Å²) in [5.41, 5.74) is 0.916. The number of hydrogen-bond donors (Lipinski definition) is 1. The van der Waals surface area contributed by atoms with Gasteiger partial charge in [-0.25, -0.2) is 8.78 Å². The summed E-state index contributed by atoms with van der Waals surface area (Å²) in [5, 5.41) is 9.13. The molecule has 1 N–H and O–H groups in total. The molecule has 0 spiro atoms. The van der Waals surface area contributed by atoms with E-state index in [9.17, 15) is 8.78 Å². The molecule has 0 radical (unpaired) electrons. The van der Waals surface area contributed by atoms with Crippen molar-refractivity contribution in [3.8, 4) is 0 Å². The quantitative estimate of drug-likeness (QED) is 0.856. The van der Waals surface area contributed by atoms with Crippen LogP contribution >= 0.6 is 15.9 Å². The Balaban J connectivity index is 3.07. The average Bonchev–Trinajstić information content (AvgIpc) is 2.08. The van der Waals surface area contributed by atoms with Crippen molar-refractivity contribution in [1.82, 2.24) is 0 Å². The number of rotatable bonds is 2. The SMILES string of the molecule is Cc1c(Br)cccc1C(O)C(F)F. The zero-order valence-corrected chi connectivity index (χ0v) is 8.55. The first-order valence-electron chi connectivity index (χ1n) is 3.75. The number of benzene rings is 1. The highest BCUT2D eigenvalue weighted by molar-refractivity contribution is 9.10. The van der Waals surface area contributed by atoms with Crippen LogP contribution in [0.1, 0.15) is 17.2 Å². The second-order valence-corrected chi connectivity index (χ2v) is 3.59. The monoisotopic (exact) mass is 250 g/mol. The Morgan fingerprint density at radius 3 is 2.54 bits per heavy atom. The maximum absolute atomic E-state index is 12.2. The summed E-state index contributed by atoms with van der Waals surface area (Å²) >= 11 is 3.21. The zero-order valence-electron chi connectivity index (χ0n) is 6.97. The predicted molar refractivity (Wildman–Crippen MR) is 49.8 cm³/mol. The highest BCUT2D eigenvalue weighted by Crippen LogP contribution is 2.27. The Morgan fingerprint density at radius 1 is 1.38 bits per heavy atom. The summed E-state index contributed by atoms with van der Waals surface area (Å²) in [5.74, 6) is 0. The lowest BCUT2D eigenvalue weighted by molar-refractivity contribution is -0.00616. The molecule has 0 aliphatic rings. The second kappa shape index (κ2) is 4.15. The lowest BCUT2D eigenvalue weighted by Crippen LogP contribution is -2.09. The first kappa shape index (κ1) is 10.6. The van der Waals surface area contributed by atoms with E-state index in [2.05, 4.69) is 15.9 Å². The van der Waals surface area contributed by atoms with Crippen LogP contribution in [0.15, 0.2) is 22.7 Å². The van der Waals surface area contributed by atoms with E-state index in [1.807, 2.05) is 0 Å². The number of hydrogen-bond acceptors (Lipinski definition) is 1. The van der Waals surface area contributed by atoms with E-state index in [0.29, 0.717) is 5.56 Å². The summed E-state index contributed by atoms with van der Waals surface area (Å²) in [6.45, 7) is 1.69. The Kier molecular flexibility index (Phi) is 3.39. The Morgan fingerprint density at radius 2 is 2.00 bits per heavy atom. The minimum absolute atomic E-state index is 0.268. The molecular weight excluding hydrogens is 242 g/mol. The largest absolute Gasteiger partial charge is 0.382 e. The van der Waals surface area contributed by atoms with Crippen LogP contribution in [0.5, 0.6) is 0 Å². The molecule has 1 atom stereocenters. The fourth-order valence-electron chi connectivity index (χ4n) is 1.08. The number of aliphatic hydroxyl groups excluding tert-OH is 1. The molecule has 13 heavy (non-hydrogen) atoms. The molecule has 0 bridgehead atoms. The van der Waals surface area contributed by atoms with Crippen LogP contribution in [0.2, 0.25) is 0 Å². The number of aliphatic hydroxyl groups is 1. The van der Waals surface area contributed by atoms with Crippen LogP contribution in [0, 0.1) is 6.92 Å². The average molecular weight is 251 g/mol. The van der Waals surface area contributed by atoms with E-state index >= 15 is 0 Å². The van der Waals surface area contributed by atoms with Gasteiger partial charge < -0.3 is 5.11 Å². The standard InChI is InChI=1S/C9H9BrF2O/c1-5-6(8(13)9(11)12)3-2-4-7(5)10/h2-4,8-9,13H,1H3. The van der Waals surface area contributed by atoms with Crippen molar-refractivity contribution in [2.24, 2.45) is 0 Å². The van der Waals surface area contributed by atoms with Crippen molar-refractivity contribution in [2.45, 2.75) is 19.5 Å². The van der Waals surface area contributed by atoms with Crippen molar-refractivity contribution in [1.29, 1.82) is 0 Å². The lowest BCUT2D eigenvalue weighted by atomic mass is 10.0. The fourth-order valence-corrected chi connectivity index (χ4v) is 1.46. The third-order valence-corrected chi connectivity index (χ3v) is 2.73. The predicted octanol–water partition coefficient (Wildman–Crippen LogP) is 3.06. The maximum Gasteiger partial charge on any atom is 0.268 e. The van der Waals surface area contributed by atoms with Gasteiger partial charge in [0, 0.05) is 4.47 Å². The Bertz CT molecular complexity index is 302. The van der Waals surface area contributed by atoms with Crippen molar-refractivity contribution >= 4 is 15.9 Å². The first-order chi connectivity index (χ1) is 6.04. The highest BCUT2D eigenvalue weighted by Gasteiger charge is 2.21. The molecule has 1 aromatic rings. The molecule has 1 nitrogen and oxygen atoms in total. The summed E-state index contributed by atoms with van der Waals surface area (Å²) in [6, 6.07) is 4.87. The molecule has 0 amide bonds. The molecule has 0 fully saturated rings. The van der Waals surface area contributed by atoms with Crippen molar-refractivity contribution in [2.75, 3.05) is 0 Å². The number of halogens is 3. The third kappa shape index (κ3) is 2.25. The van der Waals surface area contributed by atoms with Gasteiger partial charge in [0.1, 0.15) is 6.10 Å². The van der Waals surface area contributed by atoms with Gasteiger partial charge in [-0.15, -0.1) is 0 Å². The van der Waals surface area contributed by atoms with Gasteiger partial charge in [0.2, 0.25) is 0 Å². The molecule has 72 valence electrons. The van der Waals surface area contributed by atoms with E-state index in [0.717, 1.165) is 4.47 Å². The fraction of sp³-hybridized carbons (Fsp3) is 0.333. The minimum Gasteiger partial charge on any atom is -0.382 e. The highest BCUT2D eigenvalue weighted by atomic mass is 79.9. The molecule has 0 saturated heterocycles. The van der Waals surface area contributed by atoms with Gasteiger partial charge >= 0.3 is 0 Å². The molecule has 0 saturated carbocycles. The normalized spacial score (nSPS) is 13.4. The summed E-state index contributed by atoms with van der Waals surface area (Å²) < 4.78 is 25.0. The molecule has 0 aliphatic carbocycles. The van der Waals surface area contributed by atoms with Gasteiger partial charge in [0.15, 0.2) is 0 Å². The van der Waals surface area contributed by atoms with Gasteiger partial charge in [0.25, 0.3) is 6.43 Å². The molecule has 4 heteroatoms. The van der Waals surface area contributed by atoms with Crippen LogP contribution in [0.25, 0.3) is 0 Å². The zero-order chi connectivity index (χ0) is 10.0. The van der Waals surface area contributed by atoms with E-state index in [1.54, 1.807) is 19.1 Å². The van der Waals surface area contributed by atoms with Crippen LogP contribution in [-0.4, -0.2) is 11.5 Å². The first-order valence-corrected chi connectivity index (χ1v) is 4.54. The van der Waals surface area contributed by atoms with Crippen LogP contribution in [-0.2, 0) is 0 Å². The minimum atomic E-state index is -2.74. The maximum atomic E-state index is 12.2. The van der Waals surface area contributed by atoms with Gasteiger partial charge in [-0.05, 0) is 24.1 Å². The van der Waals surface area contributed by atoms with Crippen molar-refractivity contribution < 1.29 is 13.9 Å². The number of alkyl halides is 2. The smallest absolute Gasteiger partial charge is 0.268 e. The van der Waals surface area contributed by atoms with Gasteiger partial charge in [0.05, 0.1) is 0 Å². The third-order valence-electron chi connectivity index (χ3n) is 1.87. The molecule has 0 aromatic heterocycles. The van der Waals surface area contributed by atoms with Crippen LogP contribution < -0.4 is 0 Å². The van der Waals surface area contributed by atoms with Crippen molar-refractivity contribution in [3.05, 3.63) is 33.8 Å². The summed E-state index contributed by atoms with van der Waals surface area (Å²) in [7, 11) is 0. The second-order valence-electron chi connectivity index (χ2n) is 2.73. The van der Waals surface area contributed by atoms with E-state index in [-0.39, 0.29) is 5.56 Å². The van der Waals surface area contributed by atoms with E-state index in [1.165, 1.54) is 6.07 Å². The summed E-state index contributed by atoms with van der Waals surface area (Å²) in [6.07, 6.45) is -4.44. The van der Waals surface area contributed by atoms with Gasteiger partial charge in [-0.3, -0.25) is 0 Å². The Hall–Kier alpha value is -0.480. The van der Waals surface area contributed by atoms with Crippen LogP contribution in [0.3, 0.4) is 0 Å². The molecule has 0 aliphatic heterocycles. The van der Waals surface area contributed by atoms with Crippen LogP contribution in [0.4, 0.5) is 8.78 Å². The molecule has 0 heterocycles. The van der Waals surface area contributed by atoms with Crippen molar-refractivity contribution in [3.63, 3.8) is 0 Å². The molecule has 1 rings (SSSR count). The van der Waals surface area contributed by atoms with E-state index in [4.69, 9.17) is 5.11 Å². The molecule has 1 unspecified atom stereocenters. The van der Waals surface area contributed by atoms with Gasteiger partial charge in [-0.2, -0.15) is 0 Å². The summed E-state index contributed by atoms with van der Waals surface area (Å²) in [4.78, 5) is 0. The topological polar surface area (TPSA) is 20.2 Å².